The van der Waals surface area contributed by atoms with Gasteiger partial charge in [-0.05, 0) is 18.6 Å². The van der Waals surface area contributed by atoms with Crippen molar-refractivity contribution in [2.75, 3.05) is 14.2 Å². The second-order valence-electron chi connectivity index (χ2n) is 4.29. The van der Waals surface area contributed by atoms with Crippen molar-refractivity contribution in [1.29, 1.82) is 0 Å². The van der Waals surface area contributed by atoms with Crippen LogP contribution in [0.1, 0.15) is 19.8 Å². The molecule has 2 N–H and O–H groups in total. The van der Waals surface area contributed by atoms with Crippen molar-refractivity contribution in [3.8, 4) is 11.5 Å². The highest BCUT2D eigenvalue weighted by molar-refractivity contribution is 7.89. The van der Waals surface area contributed by atoms with Crippen LogP contribution in [0.25, 0.3) is 0 Å². The fourth-order valence-electron chi connectivity index (χ4n) is 1.85. The van der Waals surface area contributed by atoms with E-state index >= 15 is 0 Å². The van der Waals surface area contributed by atoms with Crippen molar-refractivity contribution < 1.29 is 27.8 Å². The van der Waals surface area contributed by atoms with E-state index in [-0.39, 0.29) is 22.8 Å². The van der Waals surface area contributed by atoms with Gasteiger partial charge >= 0.3 is 5.97 Å². The van der Waals surface area contributed by atoms with Gasteiger partial charge in [0.2, 0.25) is 10.0 Å². The fraction of sp³-hybridized carbons (Fsp3) is 0.462. The van der Waals surface area contributed by atoms with Gasteiger partial charge in [0.15, 0.2) is 4.90 Å². The minimum absolute atomic E-state index is 0.0856. The van der Waals surface area contributed by atoms with Gasteiger partial charge in [-0.3, -0.25) is 4.79 Å². The van der Waals surface area contributed by atoms with Crippen molar-refractivity contribution in [3.63, 3.8) is 0 Å². The van der Waals surface area contributed by atoms with E-state index in [2.05, 4.69) is 4.72 Å². The number of rotatable bonds is 8. The van der Waals surface area contributed by atoms with Gasteiger partial charge in [-0.1, -0.05) is 19.4 Å². The van der Waals surface area contributed by atoms with Crippen LogP contribution < -0.4 is 14.2 Å². The molecular formula is C13H19NO6S. The molecule has 21 heavy (non-hydrogen) atoms. The van der Waals surface area contributed by atoms with Crippen molar-refractivity contribution in [2.45, 2.75) is 30.7 Å². The van der Waals surface area contributed by atoms with Crippen molar-refractivity contribution in [3.05, 3.63) is 18.2 Å². The molecule has 0 fully saturated rings. The molecule has 1 rings (SSSR count). The summed E-state index contributed by atoms with van der Waals surface area (Å²) in [5, 5.41) is 9.08. The zero-order valence-electron chi connectivity index (χ0n) is 12.1. The lowest BCUT2D eigenvalue weighted by Gasteiger charge is -2.17. The van der Waals surface area contributed by atoms with Crippen molar-refractivity contribution >= 4 is 16.0 Å². The summed E-state index contributed by atoms with van der Waals surface area (Å²) in [5.41, 5.74) is 0. The number of carboxylic acids is 1. The lowest BCUT2D eigenvalue weighted by Crippen LogP contribution is -2.40. The summed E-state index contributed by atoms with van der Waals surface area (Å²) >= 11 is 0. The van der Waals surface area contributed by atoms with E-state index in [0.29, 0.717) is 6.42 Å². The molecule has 0 saturated heterocycles. The van der Waals surface area contributed by atoms with Crippen LogP contribution >= 0.6 is 0 Å². The first-order valence-electron chi connectivity index (χ1n) is 6.33. The molecule has 1 aromatic rings. The zero-order valence-corrected chi connectivity index (χ0v) is 12.9. The second kappa shape index (κ2) is 7.28. The Bertz CT molecular complexity index is 576. The molecule has 0 aliphatic rings. The molecule has 0 aromatic heterocycles. The average Bonchev–Trinajstić information content (AvgIpc) is 2.45. The Hall–Kier alpha value is -1.80. The van der Waals surface area contributed by atoms with E-state index in [4.69, 9.17) is 14.6 Å². The largest absolute Gasteiger partial charge is 0.495 e. The molecule has 1 atom stereocenters. The maximum absolute atomic E-state index is 12.4. The fourth-order valence-corrected chi connectivity index (χ4v) is 3.39. The molecule has 0 spiro atoms. The third kappa shape index (κ3) is 4.08. The quantitative estimate of drug-likeness (QED) is 0.748. The summed E-state index contributed by atoms with van der Waals surface area (Å²) in [7, 11) is -1.44. The van der Waals surface area contributed by atoms with Crippen LogP contribution in [0.2, 0.25) is 0 Å². The predicted octanol–water partition coefficient (Wildman–Crippen LogP) is 1.24. The molecule has 0 bridgehead atoms. The lowest BCUT2D eigenvalue weighted by atomic mass is 10.2. The SMILES string of the molecule is CCCC(NS(=O)(=O)c1c(OC)cccc1OC)C(=O)O. The Balaban J connectivity index is 3.27. The number of ether oxygens (including phenoxy) is 2. The third-order valence-corrected chi connectivity index (χ3v) is 4.36. The van der Waals surface area contributed by atoms with E-state index in [1.165, 1.54) is 26.4 Å². The number of carbonyl (C=O) groups is 1. The molecule has 7 nitrogen and oxygen atoms in total. The van der Waals surface area contributed by atoms with E-state index in [9.17, 15) is 13.2 Å². The number of hydrogen-bond donors (Lipinski definition) is 2. The lowest BCUT2D eigenvalue weighted by molar-refractivity contribution is -0.139. The molecule has 1 aromatic carbocycles. The summed E-state index contributed by atoms with van der Waals surface area (Å²) in [6.07, 6.45) is 0.717. The molecule has 0 radical (unpaired) electrons. The van der Waals surface area contributed by atoms with Crippen LogP contribution in [0.3, 0.4) is 0 Å². The van der Waals surface area contributed by atoms with Gasteiger partial charge in [0.25, 0.3) is 0 Å². The topological polar surface area (TPSA) is 102 Å². The first kappa shape index (κ1) is 17.3. The van der Waals surface area contributed by atoms with Gasteiger partial charge in [0, 0.05) is 0 Å². The monoisotopic (exact) mass is 317 g/mol. The Kier molecular flexibility index (Phi) is 5.98. The van der Waals surface area contributed by atoms with Gasteiger partial charge in [-0.25, -0.2) is 8.42 Å². The highest BCUT2D eigenvalue weighted by Crippen LogP contribution is 2.32. The standard InChI is InChI=1S/C13H19NO6S/c1-4-6-9(13(15)16)14-21(17,18)12-10(19-2)7-5-8-11(12)20-3/h5,7-9,14H,4,6H2,1-3H3,(H,15,16). The van der Waals surface area contributed by atoms with Crippen LogP contribution in [-0.2, 0) is 14.8 Å². The van der Waals surface area contributed by atoms with Crippen LogP contribution in [0.4, 0.5) is 0 Å². The number of sulfonamides is 1. The maximum atomic E-state index is 12.4. The van der Waals surface area contributed by atoms with Gasteiger partial charge < -0.3 is 14.6 Å². The van der Waals surface area contributed by atoms with Crippen molar-refractivity contribution in [2.24, 2.45) is 0 Å². The van der Waals surface area contributed by atoms with E-state index in [0.717, 1.165) is 0 Å². The van der Waals surface area contributed by atoms with Gasteiger partial charge in [-0.2, -0.15) is 4.72 Å². The van der Waals surface area contributed by atoms with Gasteiger partial charge in [0.05, 0.1) is 14.2 Å². The molecule has 0 aliphatic carbocycles. The zero-order chi connectivity index (χ0) is 16.0. The summed E-state index contributed by atoms with van der Waals surface area (Å²) in [6.45, 7) is 1.77. The number of aliphatic carboxylic acids is 1. The van der Waals surface area contributed by atoms with Crippen LogP contribution in [0.5, 0.6) is 11.5 Å². The highest BCUT2D eigenvalue weighted by atomic mass is 32.2. The van der Waals surface area contributed by atoms with Crippen LogP contribution in [0, 0.1) is 0 Å². The molecule has 0 heterocycles. The molecule has 0 saturated carbocycles. The Morgan fingerprint density at radius 1 is 1.29 bits per heavy atom. The number of methoxy groups -OCH3 is 2. The second-order valence-corrected chi connectivity index (χ2v) is 5.94. The number of benzene rings is 1. The summed E-state index contributed by atoms with van der Waals surface area (Å²) in [4.78, 5) is 10.9. The number of hydrogen-bond acceptors (Lipinski definition) is 5. The Morgan fingerprint density at radius 2 is 1.81 bits per heavy atom. The van der Waals surface area contributed by atoms with Crippen LogP contribution in [0.15, 0.2) is 23.1 Å². The number of carboxylic acid groups (broad SMARTS) is 1. The molecule has 1 unspecified atom stereocenters. The maximum Gasteiger partial charge on any atom is 0.321 e. The van der Waals surface area contributed by atoms with E-state index in [1.807, 2.05) is 0 Å². The van der Waals surface area contributed by atoms with E-state index < -0.39 is 22.0 Å². The predicted molar refractivity (Wildman–Crippen MR) is 76.2 cm³/mol. The first-order valence-corrected chi connectivity index (χ1v) is 7.81. The molecule has 0 amide bonds. The van der Waals surface area contributed by atoms with Gasteiger partial charge in [0.1, 0.15) is 17.5 Å². The minimum atomic E-state index is -4.09. The van der Waals surface area contributed by atoms with Gasteiger partial charge in [-0.15, -0.1) is 0 Å². The Morgan fingerprint density at radius 3 is 2.19 bits per heavy atom. The molecule has 118 valence electrons. The Labute approximate surface area is 123 Å². The number of nitrogens with one attached hydrogen (secondary N) is 1. The van der Waals surface area contributed by atoms with Crippen molar-refractivity contribution in [1.82, 2.24) is 4.72 Å². The third-order valence-electron chi connectivity index (χ3n) is 2.82. The first-order chi connectivity index (χ1) is 9.87. The highest BCUT2D eigenvalue weighted by Gasteiger charge is 2.29. The van der Waals surface area contributed by atoms with E-state index in [1.54, 1.807) is 13.0 Å². The summed E-state index contributed by atoms with van der Waals surface area (Å²) in [6, 6.07) is 3.31. The van der Waals surface area contributed by atoms with Crippen LogP contribution in [-0.4, -0.2) is 39.8 Å². The summed E-state index contributed by atoms with van der Waals surface area (Å²) in [5.74, 6) is -1.06. The smallest absolute Gasteiger partial charge is 0.321 e. The average molecular weight is 317 g/mol. The minimum Gasteiger partial charge on any atom is -0.495 e. The molecule has 0 aliphatic heterocycles. The normalized spacial score (nSPS) is 12.7. The molecular weight excluding hydrogens is 298 g/mol. The molecule has 8 heteroatoms. The summed E-state index contributed by atoms with van der Waals surface area (Å²) < 4.78 is 37.1.